The number of aliphatic carboxylic acids is 1. The van der Waals surface area contributed by atoms with Gasteiger partial charge in [-0.05, 0) is 25.9 Å². The molecule has 0 aromatic heterocycles. The smallest absolute Gasteiger partial charge is 0.326 e. The van der Waals surface area contributed by atoms with Crippen molar-refractivity contribution in [3.63, 3.8) is 0 Å². The van der Waals surface area contributed by atoms with Gasteiger partial charge in [-0.25, -0.2) is 4.79 Å². The summed E-state index contributed by atoms with van der Waals surface area (Å²) in [6.45, 7) is 1.22. The number of carboxylic acid groups (broad SMARTS) is 1. The van der Waals surface area contributed by atoms with E-state index in [1.54, 1.807) is 0 Å². The zero-order valence-corrected chi connectivity index (χ0v) is 9.28. The van der Waals surface area contributed by atoms with Crippen molar-refractivity contribution in [3.05, 3.63) is 0 Å². The van der Waals surface area contributed by atoms with Gasteiger partial charge in [-0.3, -0.25) is 0 Å². The fourth-order valence-electron chi connectivity index (χ4n) is 1.34. The van der Waals surface area contributed by atoms with Crippen LogP contribution in [0.5, 0.6) is 0 Å². The Morgan fingerprint density at radius 1 is 1.46 bits per heavy atom. The van der Waals surface area contributed by atoms with Crippen molar-refractivity contribution in [2.75, 3.05) is 13.1 Å². The van der Waals surface area contributed by atoms with Crippen LogP contribution in [0.25, 0.3) is 0 Å². The Hall–Kier alpha value is -2.10. The van der Waals surface area contributed by atoms with Crippen LogP contribution < -0.4 is 10.6 Å². The number of carboxylic acids is 1. The molecule has 13 heavy (non-hydrogen) atoms. The van der Waals surface area contributed by atoms with E-state index in [1.165, 1.54) is 6.41 Å². The Labute approximate surface area is 70.1 Å². The van der Waals surface area contributed by atoms with Crippen molar-refractivity contribution >= 4 is 12.4 Å². The fraction of sp³-hybridized carbons (Fsp3) is 0.714. The number of piperidine rings is 1. The third kappa shape index (κ3) is 1.93. The molecule has 3 N–H and O–H groups in total. The molecule has 1 heterocycles. The minimum absolute atomic E-state index is 0. The maximum atomic E-state index is 10.8. The normalized spacial score (nSPS) is 19.7. The third-order valence-electron chi connectivity index (χ3n) is 2.16. The molecule has 1 rings (SSSR count). The molecule has 1 saturated heterocycles. The molecule has 0 unspecified atom stereocenters. The van der Waals surface area contributed by atoms with Crippen LogP contribution in [0.4, 0.5) is 0 Å². The zero-order chi connectivity index (χ0) is 9.03. The fourth-order valence-corrected chi connectivity index (χ4v) is 1.34. The summed E-state index contributed by atoms with van der Waals surface area (Å²) in [5.41, 5.74) is -1.09. The monoisotopic (exact) mass is 428 g/mol. The van der Waals surface area contributed by atoms with Gasteiger partial charge in [0.2, 0.25) is 0 Å². The van der Waals surface area contributed by atoms with E-state index < -0.39 is 11.5 Å². The summed E-state index contributed by atoms with van der Waals surface area (Å²) in [5.74, 6) is -0.979. The molecule has 80 valence electrons. The number of amides is 1. The average Bonchev–Trinajstić information content (AvgIpc) is 2.06. The molecule has 1 fully saturated rings. The molecule has 0 atom stereocenters. The second-order valence-electron chi connectivity index (χ2n) is 2.86. The maximum absolute atomic E-state index is 10.8. The van der Waals surface area contributed by atoms with Gasteiger partial charge in [-0.15, -0.1) is 0 Å². The van der Waals surface area contributed by atoms with Crippen LogP contribution in [0.15, 0.2) is 0 Å². The Morgan fingerprint density at radius 2 is 2.00 bits per heavy atom. The van der Waals surface area contributed by atoms with Crippen LogP contribution in [0.1, 0.15) is 12.8 Å². The molecule has 1 aliphatic rings. The van der Waals surface area contributed by atoms with Gasteiger partial charge in [0.25, 0.3) is 0 Å². The molecule has 0 radical (unpaired) electrons. The van der Waals surface area contributed by atoms with Crippen molar-refractivity contribution in [1.82, 2.24) is 10.6 Å². The van der Waals surface area contributed by atoms with Gasteiger partial charge in [0.1, 0.15) is 5.54 Å². The molecule has 0 bridgehead atoms. The molecule has 0 spiro atoms. The number of nitrogens with one attached hydrogen (secondary N) is 2. The summed E-state index contributed by atoms with van der Waals surface area (Å²) in [5, 5.41) is 14.1. The van der Waals surface area contributed by atoms with Crippen LogP contribution in [-0.2, 0) is 9.59 Å². The maximum Gasteiger partial charge on any atom is 0.326 e. The van der Waals surface area contributed by atoms with Gasteiger partial charge in [0, 0.05) is 0 Å². The molecular weight excluding hydrogens is 417 g/mol. The van der Waals surface area contributed by atoms with Crippen molar-refractivity contribution in [2.24, 2.45) is 0 Å². The van der Waals surface area contributed by atoms with E-state index in [4.69, 9.17) is 5.11 Å². The van der Waals surface area contributed by atoms with Gasteiger partial charge >= 0.3 is 5.97 Å². The summed E-state index contributed by atoms with van der Waals surface area (Å²) >= 11 is 0. The van der Waals surface area contributed by atoms with E-state index in [9.17, 15) is 9.59 Å². The molecule has 5 nitrogen and oxygen atoms in total. The standard InChI is InChI=1S/C7H11N2O3.Fm/c10-5-9-7(6(11)12)1-3-8-4-2-7;/h8H,1-4H2,(H,9,10)(H,11,12);/q-1;. The molecule has 0 aromatic carbocycles. The molecule has 0 aliphatic carbocycles. The number of hydrogen-bond acceptors (Lipinski definition) is 3. The van der Waals surface area contributed by atoms with E-state index in [-0.39, 0.29) is 0 Å². The van der Waals surface area contributed by atoms with E-state index in [1.807, 2.05) is 0 Å². The summed E-state index contributed by atoms with van der Waals surface area (Å²) in [6.07, 6.45) is 2.28. The topological polar surface area (TPSA) is 78.4 Å². The number of rotatable bonds is 3. The van der Waals surface area contributed by atoms with Gasteiger partial charge in [0.15, 0.2) is 0 Å². The molecule has 0 saturated carbocycles. The molecule has 6 heteroatoms. The van der Waals surface area contributed by atoms with Crippen molar-refractivity contribution in [3.8, 4) is 0 Å². The molecular formula is C7H11FmN2O3-. The summed E-state index contributed by atoms with van der Waals surface area (Å²) in [6, 6.07) is 0. The first-order valence-electron chi connectivity index (χ1n) is 3.80. The molecule has 0 aromatic rings. The quantitative estimate of drug-likeness (QED) is 0.392. The van der Waals surface area contributed by atoms with E-state index in [2.05, 4.69) is 10.6 Å². The number of carbonyl (C=O) groups is 1. The van der Waals surface area contributed by atoms with Gasteiger partial charge < -0.3 is 20.5 Å². The van der Waals surface area contributed by atoms with Gasteiger partial charge in [-0.1, -0.05) is 0 Å². The number of hydrogen-bond donors (Lipinski definition) is 3. The van der Waals surface area contributed by atoms with Gasteiger partial charge in [-0.2, -0.15) is 6.41 Å². The van der Waals surface area contributed by atoms with E-state index in [0.717, 1.165) is 0 Å². The summed E-state index contributed by atoms with van der Waals surface area (Å²) in [7, 11) is 0. The largest absolute Gasteiger partial charge is 0.520 e. The second-order valence-corrected chi connectivity index (χ2v) is 2.86. The van der Waals surface area contributed by atoms with Crippen LogP contribution in [0.3, 0.4) is 0 Å². The Bertz CT molecular complexity index is 192. The predicted octanol–water partition coefficient (Wildman–Crippen LogP) is -1.15. The Morgan fingerprint density at radius 3 is 2.38 bits per heavy atom. The van der Waals surface area contributed by atoms with Crippen LogP contribution in [0.2, 0.25) is 0 Å². The third-order valence-corrected chi connectivity index (χ3v) is 2.16. The molecule has 1 amide bonds. The Kier molecular flexibility index (Phi) is 3.40. The minimum atomic E-state index is -1.09. The second kappa shape index (κ2) is 4.06. The van der Waals surface area contributed by atoms with Crippen LogP contribution in [-0.4, -0.2) is 36.1 Å². The Balaban J connectivity index is 0.00000144. The first-order chi connectivity index (χ1) is 5.71. The van der Waals surface area contributed by atoms with E-state index in [0.29, 0.717) is 25.9 Å². The first kappa shape index (κ1) is 10.9. The molecule has 1 aliphatic heterocycles. The summed E-state index contributed by atoms with van der Waals surface area (Å²) < 4.78 is 0. The summed E-state index contributed by atoms with van der Waals surface area (Å²) in [4.78, 5) is 20.9. The SMILES string of the molecule is O=[C-]NC1(C(=O)O)CCNCC1.[Fm]. The predicted molar refractivity (Wildman–Crippen MR) is 41.3 cm³/mol. The van der Waals surface area contributed by atoms with E-state index >= 15 is 0 Å². The number of carbonyl (C=O) groups excluding carboxylic acids is 1. The zero-order valence-electron chi connectivity index (χ0n) is 6.88. The minimum Gasteiger partial charge on any atom is -0.520 e. The van der Waals surface area contributed by atoms with Crippen LogP contribution >= 0.6 is 0 Å². The first-order valence-corrected chi connectivity index (χ1v) is 3.80. The average molecular weight is 428 g/mol. The van der Waals surface area contributed by atoms with Crippen molar-refractivity contribution < 1.29 is 14.7 Å². The van der Waals surface area contributed by atoms with Crippen LogP contribution in [0, 0.1) is 0 Å². The van der Waals surface area contributed by atoms with Crippen molar-refractivity contribution in [2.45, 2.75) is 18.4 Å². The van der Waals surface area contributed by atoms with Gasteiger partial charge in [0.05, 0.1) is 0 Å². The van der Waals surface area contributed by atoms with Crippen molar-refractivity contribution in [1.29, 1.82) is 0 Å².